The zero-order chi connectivity index (χ0) is 12.5. The second kappa shape index (κ2) is 5.42. The quantitative estimate of drug-likeness (QED) is 0.898. The molecule has 8 heteroatoms. The van der Waals surface area contributed by atoms with Crippen molar-refractivity contribution in [2.24, 2.45) is 0 Å². The fraction of sp³-hybridized carbons (Fsp3) is 0.556. The monoisotopic (exact) mass is 314 g/mol. The normalized spacial score (nSPS) is 21.6. The molecule has 1 aliphatic rings. The summed E-state index contributed by atoms with van der Waals surface area (Å²) in [7, 11) is -3.57. The van der Waals surface area contributed by atoms with E-state index in [2.05, 4.69) is 10.0 Å². The third-order valence-electron chi connectivity index (χ3n) is 2.53. The summed E-state index contributed by atoms with van der Waals surface area (Å²) in [6.45, 7) is 1.58. The van der Waals surface area contributed by atoms with E-state index in [0.29, 0.717) is 10.9 Å². The molecule has 1 aliphatic heterocycles. The van der Waals surface area contributed by atoms with Gasteiger partial charge in [0.1, 0.15) is 9.23 Å². The van der Waals surface area contributed by atoms with Crippen molar-refractivity contribution in [2.75, 3.05) is 13.1 Å². The van der Waals surface area contributed by atoms with E-state index < -0.39 is 10.0 Å². The average Bonchev–Trinajstić information content (AvgIpc) is 2.59. The van der Waals surface area contributed by atoms with Crippen molar-refractivity contribution >= 4 is 44.6 Å². The van der Waals surface area contributed by atoms with Crippen molar-refractivity contribution in [3.05, 3.63) is 14.7 Å². The van der Waals surface area contributed by atoms with E-state index in [0.717, 1.165) is 30.7 Å². The van der Waals surface area contributed by atoms with Gasteiger partial charge in [0.05, 0.1) is 4.34 Å². The Bertz CT molecular complexity index is 495. The molecule has 2 N–H and O–H groups in total. The summed E-state index contributed by atoms with van der Waals surface area (Å²) in [5, 5.41) is 3.15. The molecule has 0 aliphatic carbocycles. The first-order chi connectivity index (χ1) is 7.99. The summed E-state index contributed by atoms with van der Waals surface area (Å²) in [5.74, 6) is 0. The summed E-state index contributed by atoms with van der Waals surface area (Å²) in [5.41, 5.74) is 0. The van der Waals surface area contributed by atoms with Gasteiger partial charge in [-0.1, -0.05) is 23.2 Å². The minimum Gasteiger partial charge on any atom is -0.315 e. The fourth-order valence-corrected chi connectivity index (χ4v) is 5.16. The predicted molar refractivity (Wildman–Crippen MR) is 70.6 cm³/mol. The number of sulfonamides is 1. The number of rotatable bonds is 3. The molecule has 1 atom stereocenters. The second-order valence-electron chi connectivity index (χ2n) is 3.85. The third-order valence-corrected chi connectivity index (χ3v) is 5.81. The molecule has 0 unspecified atom stereocenters. The van der Waals surface area contributed by atoms with E-state index in [1.165, 1.54) is 6.07 Å². The molecule has 2 heterocycles. The minimum absolute atomic E-state index is 0.0692. The van der Waals surface area contributed by atoms with Gasteiger partial charge in [-0.15, -0.1) is 11.3 Å². The number of hydrogen-bond acceptors (Lipinski definition) is 4. The van der Waals surface area contributed by atoms with Crippen LogP contribution in [0.15, 0.2) is 11.0 Å². The minimum atomic E-state index is -3.57. The van der Waals surface area contributed by atoms with Gasteiger partial charge in [0.2, 0.25) is 10.0 Å². The topological polar surface area (TPSA) is 58.2 Å². The molecule has 17 heavy (non-hydrogen) atoms. The van der Waals surface area contributed by atoms with E-state index in [1.807, 2.05) is 0 Å². The maximum absolute atomic E-state index is 12.1. The smallest absolute Gasteiger partial charge is 0.243 e. The Kier molecular flexibility index (Phi) is 4.33. The lowest BCUT2D eigenvalue weighted by Crippen LogP contribution is -2.45. The van der Waals surface area contributed by atoms with E-state index in [4.69, 9.17) is 23.2 Å². The molecule has 4 nitrogen and oxygen atoms in total. The highest BCUT2D eigenvalue weighted by Crippen LogP contribution is 2.34. The molecule has 1 aromatic heterocycles. The Morgan fingerprint density at radius 1 is 1.47 bits per heavy atom. The molecule has 0 bridgehead atoms. The highest BCUT2D eigenvalue weighted by atomic mass is 35.5. The Labute approximate surface area is 114 Å². The number of piperidine rings is 1. The zero-order valence-corrected chi connectivity index (χ0v) is 12.0. The van der Waals surface area contributed by atoms with Crippen LogP contribution in [0.3, 0.4) is 0 Å². The molecule has 2 rings (SSSR count). The van der Waals surface area contributed by atoms with Gasteiger partial charge in [-0.2, -0.15) is 0 Å². The van der Waals surface area contributed by atoms with Crippen molar-refractivity contribution in [3.8, 4) is 0 Å². The first-order valence-electron chi connectivity index (χ1n) is 5.17. The second-order valence-corrected chi connectivity index (χ2v) is 7.82. The van der Waals surface area contributed by atoms with Crippen LogP contribution in [0.5, 0.6) is 0 Å². The molecule has 0 saturated carbocycles. The summed E-state index contributed by atoms with van der Waals surface area (Å²) >= 11 is 12.6. The van der Waals surface area contributed by atoms with Crippen LogP contribution in [0.4, 0.5) is 0 Å². The molecule has 96 valence electrons. The van der Waals surface area contributed by atoms with Crippen molar-refractivity contribution in [2.45, 2.75) is 23.8 Å². The first kappa shape index (κ1) is 13.6. The largest absolute Gasteiger partial charge is 0.315 e. The Morgan fingerprint density at radius 3 is 2.76 bits per heavy atom. The number of nitrogens with one attached hydrogen (secondary N) is 2. The molecule has 0 spiro atoms. The Hall–Kier alpha value is 0.150. The van der Waals surface area contributed by atoms with Crippen molar-refractivity contribution in [3.63, 3.8) is 0 Å². The lowest BCUT2D eigenvalue weighted by Gasteiger charge is -2.23. The highest BCUT2D eigenvalue weighted by molar-refractivity contribution is 7.89. The molecule has 0 aromatic carbocycles. The maximum Gasteiger partial charge on any atom is 0.243 e. The number of halogens is 2. The van der Waals surface area contributed by atoms with Gasteiger partial charge >= 0.3 is 0 Å². The van der Waals surface area contributed by atoms with Crippen LogP contribution in [0, 0.1) is 0 Å². The van der Waals surface area contributed by atoms with Gasteiger partial charge in [-0.05, 0) is 25.5 Å². The molecule has 1 saturated heterocycles. The van der Waals surface area contributed by atoms with Crippen LogP contribution in [0.1, 0.15) is 12.8 Å². The predicted octanol–water partition coefficient (Wildman–Crippen LogP) is 2.09. The van der Waals surface area contributed by atoms with Crippen LogP contribution >= 0.6 is 34.5 Å². The number of hydrogen-bond donors (Lipinski definition) is 2. The van der Waals surface area contributed by atoms with Gasteiger partial charge in [0, 0.05) is 12.6 Å². The lowest BCUT2D eigenvalue weighted by molar-refractivity contribution is 0.429. The van der Waals surface area contributed by atoms with Gasteiger partial charge in [0.25, 0.3) is 0 Å². The fourth-order valence-electron chi connectivity index (χ4n) is 1.74. The van der Waals surface area contributed by atoms with Gasteiger partial charge < -0.3 is 5.32 Å². The Morgan fingerprint density at radius 2 is 2.24 bits per heavy atom. The summed E-state index contributed by atoms with van der Waals surface area (Å²) < 4.78 is 27.3. The Balaban J connectivity index is 2.15. The van der Waals surface area contributed by atoms with Gasteiger partial charge in [-0.3, -0.25) is 0 Å². The van der Waals surface area contributed by atoms with E-state index in [-0.39, 0.29) is 15.3 Å². The summed E-state index contributed by atoms with van der Waals surface area (Å²) in [6, 6.07) is 1.30. The van der Waals surface area contributed by atoms with E-state index in [9.17, 15) is 8.42 Å². The SMILES string of the molecule is O=S(=O)(N[C@H]1CCCNC1)c1cc(Cl)sc1Cl. The van der Waals surface area contributed by atoms with Crippen molar-refractivity contribution < 1.29 is 8.42 Å². The van der Waals surface area contributed by atoms with Crippen LogP contribution in [-0.4, -0.2) is 27.5 Å². The maximum atomic E-state index is 12.1. The molecule has 0 radical (unpaired) electrons. The molecule has 1 aromatic rings. The van der Waals surface area contributed by atoms with Crippen LogP contribution < -0.4 is 10.0 Å². The van der Waals surface area contributed by atoms with Gasteiger partial charge in [0.15, 0.2) is 0 Å². The van der Waals surface area contributed by atoms with Crippen LogP contribution in [-0.2, 0) is 10.0 Å². The summed E-state index contributed by atoms with van der Waals surface area (Å²) in [4.78, 5) is 0.0692. The lowest BCUT2D eigenvalue weighted by atomic mass is 10.1. The average molecular weight is 315 g/mol. The third kappa shape index (κ3) is 3.33. The van der Waals surface area contributed by atoms with E-state index >= 15 is 0 Å². The van der Waals surface area contributed by atoms with Gasteiger partial charge in [-0.25, -0.2) is 13.1 Å². The molecule has 0 amide bonds. The molecule has 1 fully saturated rings. The van der Waals surface area contributed by atoms with E-state index in [1.54, 1.807) is 0 Å². The summed E-state index contributed by atoms with van der Waals surface area (Å²) in [6.07, 6.45) is 1.80. The molecular weight excluding hydrogens is 303 g/mol. The number of thiophene rings is 1. The standard InChI is InChI=1S/C9H12Cl2N2O2S2/c10-8-4-7(9(11)16-8)17(14,15)13-6-2-1-3-12-5-6/h4,6,12-13H,1-3,5H2/t6-/m0/s1. The first-order valence-corrected chi connectivity index (χ1v) is 8.22. The van der Waals surface area contributed by atoms with Crippen molar-refractivity contribution in [1.29, 1.82) is 0 Å². The van der Waals surface area contributed by atoms with Crippen molar-refractivity contribution in [1.82, 2.24) is 10.0 Å². The van der Waals surface area contributed by atoms with Crippen LogP contribution in [0.25, 0.3) is 0 Å². The highest BCUT2D eigenvalue weighted by Gasteiger charge is 2.25. The molecular formula is C9H12Cl2N2O2S2. The van der Waals surface area contributed by atoms with Crippen LogP contribution in [0.2, 0.25) is 8.67 Å². The zero-order valence-electron chi connectivity index (χ0n) is 8.87.